The second kappa shape index (κ2) is 8.22. The standard InChI is InChI=1S/C15H21N5O2S2/c1-3-12-9-18-14(23-12)10-20-15(17-2)19-8-11-4-6-13(7-5-11)24(16,21)22/h4-7,9H,3,8,10H2,1-2H3,(H2,16,21,22)(H2,17,19,20). The number of sulfonamides is 1. The number of aliphatic imine (C=N–C) groups is 1. The van der Waals surface area contributed by atoms with Gasteiger partial charge >= 0.3 is 0 Å². The summed E-state index contributed by atoms with van der Waals surface area (Å²) in [6.45, 7) is 3.23. The molecule has 7 nitrogen and oxygen atoms in total. The largest absolute Gasteiger partial charge is 0.352 e. The summed E-state index contributed by atoms with van der Waals surface area (Å²) in [5.41, 5.74) is 0.924. The third-order valence-corrected chi connectivity index (χ3v) is 5.36. The van der Waals surface area contributed by atoms with Crippen molar-refractivity contribution in [3.8, 4) is 0 Å². The van der Waals surface area contributed by atoms with Crippen molar-refractivity contribution in [3.63, 3.8) is 0 Å². The third kappa shape index (κ3) is 5.29. The zero-order chi connectivity index (χ0) is 17.6. The van der Waals surface area contributed by atoms with Crippen LogP contribution < -0.4 is 15.8 Å². The van der Waals surface area contributed by atoms with Crippen molar-refractivity contribution in [1.29, 1.82) is 0 Å². The van der Waals surface area contributed by atoms with Gasteiger partial charge in [-0.25, -0.2) is 18.5 Å². The SMILES string of the molecule is CCc1cnc(CNC(=NC)NCc2ccc(S(N)(=O)=O)cc2)s1. The molecule has 1 heterocycles. The Balaban J connectivity index is 1.87. The van der Waals surface area contributed by atoms with Crippen LogP contribution in [-0.4, -0.2) is 26.4 Å². The van der Waals surface area contributed by atoms with Gasteiger partial charge in [-0.15, -0.1) is 11.3 Å². The maximum absolute atomic E-state index is 11.2. The monoisotopic (exact) mass is 367 g/mol. The Morgan fingerprint density at radius 2 is 1.92 bits per heavy atom. The predicted octanol–water partition coefficient (Wildman–Crippen LogP) is 1.22. The molecule has 0 radical (unpaired) electrons. The Morgan fingerprint density at radius 1 is 1.25 bits per heavy atom. The number of nitrogens with zero attached hydrogens (tertiary/aromatic N) is 2. The van der Waals surface area contributed by atoms with E-state index in [9.17, 15) is 8.42 Å². The number of thiazole rings is 1. The fraction of sp³-hybridized carbons (Fsp3) is 0.333. The first-order chi connectivity index (χ1) is 11.4. The summed E-state index contributed by atoms with van der Waals surface area (Å²) in [5, 5.41) is 12.5. The molecule has 0 saturated carbocycles. The molecule has 130 valence electrons. The molecule has 0 atom stereocenters. The molecule has 0 aliphatic rings. The molecule has 1 aromatic heterocycles. The summed E-state index contributed by atoms with van der Waals surface area (Å²) in [4.78, 5) is 9.86. The van der Waals surface area contributed by atoms with Gasteiger partial charge in [-0.3, -0.25) is 4.99 Å². The Kier molecular flexibility index (Phi) is 6.29. The van der Waals surface area contributed by atoms with Crippen LogP contribution in [0.2, 0.25) is 0 Å². The molecule has 0 saturated heterocycles. The molecule has 0 aliphatic heterocycles. The first-order valence-corrected chi connectivity index (χ1v) is 9.78. The second-order valence-electron chi connectivity index (χ2n) is 5.04. The van der Waals surface area contributed by atoms with Gasteiger partial charge in [0.25, 0.3) is 0 Å². The van der Waals surface area contributed by atoms with E-state index in [4.69, 9.17) is 5.14 Å². The van der Waals surface area contributed by atoms with E-state index in [0.29, 0.717) is 19.0 Å². The van der Waals surface area contributed by atoms with Crippen molar-refractivity contribution in [1.82, 2.24) is 15.6 Å². The van der Waals surface area contributed by atoms with Crippen LogP contribution in [0, 0.1) is 0 Å². The molecular formula is C15H21N5O2S2. The molecule has 0 fully saturated rings. The number of aromatic nitrogens is 1. The number of nitrogens with one attached hydrogen (secondary N) is 2. The molecule has 24 heavy (non-hydrogen) atoms. The molecule has 0 aliphatic carbocycles. The summed E-state index contributed by atoms with van der Waals surface area (Å²) in [7, 11) is -1.96. The third-order valence-electron chi connectivity index (χ3n) is 3.29. The molecule has 2 rings (SSSR count). The van der Waals surface area contributed by atoms with Gasteiger partial charge in [-0.05, 0) is 24.1 Å². The van der Waals surface area contributed by atoms with Gasteiger partial charge in [0.15, 0.2) is 5.96 Å². The molecule has 2 aromatic rings. The first kappa shape index (κ1) is 18.4. The number of primary sulfonamides is 1. The summed E-state index contributed by atoms with van der Waals surface area (Å²) in [5.74, 6) is 0.652. The minimum Gasteiger partial charge on any atom is -0.352 e. The van der Waals surface area contributed by atoms with E-state index in [2.05, 4.69) is 27.5 Å². The van der Waals surface area contributed by atoms with Gasteiger partial charge in [0.2, 0.25) is 10.0 Å². The molecule has 0 bridgehead atoms. The topological polar surface area (TPSA) is 109 Å². The minimum atomic E-state index is -3.66. The van der Waals surface area contributed by atoms with Crippen LogP contribution in [0.15, 0.2) is 40.4 Å². The molecule has 0 amide bonds. The number of guanidine groups is 1. The number of hydrogen-bond acceptors (Lipinski definition) is 5. The number of nitrogens with two attached hydrogens (primary N) is 1. The Bertz CT molecular complexity index is 798. The molecule has 9 heteroatoms. The highest BCUT2D eigenvalue weighted by Gasteiger charge is 2.07. The quantitative estimate of drug-likeness (QED) is 0.525. The van der Waals surface area contributed by atoms with Crippen molar-refractivity contribution in [2.75, 3.05) is 7.05 Å². The predicted molar refractivity (Wildman–Crippen MR) is 96.3 cm³/mol. The lowest BCUT2D eigenvalue weighted by Gasteiger charge is -2.11. The number of hydrogen-bond donors (Lipinski definition) is 3. The van der Waals surface area contributed by atoms with Crippen LogP contribution in [0.5, 0.6) is 0 Å². The average molecular weight is 368 g/mol. The summed E-state index contributed by atoms with van der Waals surface area (Å²) in [6, 6.07) is 6.41. The van der Waals surface area contributed by atoms with Crippen molar-refractivity contribution >= 4 is 27.3 Å². The number of benzene rings is 1. The zero-order valence-electron chi connectivity index (χ0n) is 13.6. The van der Waals surface area contributed by atoms with Crippen LogP contribution in [0.25, 0.3) is 0 Å². The van der Waals surface area contributed by atoms with Crippen molar-refractivity contribution in [2.24, 2.45) is 10.1 Å². The number of aryl methyl sites for hydroxylation is 1. The van der Waals surface area contributed by atoms with E-state index in [0.717, 1.165) is 17.0 Å². The highest BCUT2D eigenvalue weighted by atomic mass is 32.2. The van der Waals surface area contributed by atoms with Crippen molar-refractivity contribution in [2.45, 2.75) is 31.3 Å². The molecule has 1 aromatic carbocycles. The van der Waals surface area contributed by atoms with E-state index in [1.165, 1.54) is 17.0 Å². The normalized spacial score (nSPS) is 12.2. The Labute approximate surface area is 146 Å². The maximum atomic E-state index is 11.2. The molecule has 0 spiro atoms. The highest BCUT2D eigenvalue weighted by Crippen LogP contribution is 2.12. The van der Waals surface area contributed by atoms with E-state index < -0.39 is 10.0 Å². The second-order valence-corrected chi connectivity index (χ2v) is 7.80. The van der Waals surface area contributed by atoms with Crippen LogP contribution >= 0.6 is 11.3 Å². The fourth-order valence-electron chi connectivity index (χ4n) is 1.96. The first-order valence-electron chi connectivity index (χ1n) is 7.42. The van der Waals surface area contributed by atoms with E-state index in [1.807, 2.05) is 6.20 Å². The lowest BCUT2D eigenvalue weighted by Crippen LogP contribution is -2.36. The van der Waals surface area contributed by atoms with E-state index in [1.54, 1.807) is 30.5 Å². The lowest BCUT2D eigenvalue weighted by atomic mass is 10.2. The lowest BCUT2D eigenvalue weighted by molar-refractivity contribution is 0.597. The number of rotatable bonds is 6. The Morgan fingerprint density at radius 3 is 2.46 bits per heavy atom. The average Bonchev–Trinajstić information content (AvgIpc) is 3.02. The van der Waals surface area contributed by atoms with Crippen LogP contribution in [0.4, 0.5) is 0 Å². The maximum Gasteiger partial charge on any atom is 0.238 e. The zero-order valence-corrected chi connectivity index (χ0v) is 15.2. The van der Waals surface area contributed by atoms with Crippen LogP contribution in [0.1, 0.15) is 22.4 Å². The van der Waals surface area contributed by atoms with Crippen LogP contribution in [0.3, 0.4) is 0 Å². The summed E-state index contributed by atoms with van der Waals surface area (Å²) >= 11 is 1.68. The fourth-order valence-corrected chi connectivity index (χ4v) is 3.27. The van der Waals surface area contributed by atoms with Crippen molar-refractivity contribution in [3.05, 3.63) is 45.9 Å². The van der Waals surface area contributed by atoms with Crippen molar-refractivity contribution < 1.29 is 8.42 Å². The molecular weight excluding hydrogens is 346 g/mol. The van der Waals surface area contributed by atoms with E-state index in [-0.39, 0.29) is 4.90 Å². The van der Waals surface area contributed by atoms with Gasteiger partial charge in [-0.1, -0.05) is 19.1 Å². The molecule has 4 N–H and O–H groups in total. The van der Waals surface area contributed by atoms with Gasteiger partial charge in [-0.2, -0.15) is 0 Å². The van der Waals surface area contributed by atoms with Gasteiger partial charge < -0.3 is 10.6 Å². The van der Waals surface area contributed by atoms with Gasteiger partial charge in [0, 0.05) is 24.7 Å². The van der Waals surface area contributed by atoms with Gasteiger partial charge in [0.1, 0.15) is 5.01 Å². The smallest absolute Gasteiger partial charge is 0.238 e. The highest BCUT2D eigenvalue weighted by molar-refractivity contribution is 7.89. The summed E-state index contributed by atoms with van der Waals surface area (Å²) < 4.78 is 22.5. The Hall–Kier alpha value is -1.97. The minimum absolute atomic E-state index is 0.101. The van der Waals surface area contributed by atoms with E-state index >= 15 is 0 Å². The van der Waals surface area contributed by atoms with Crippen LogP contribution in [-0.2, 0) is 29.5 Å². The summed E-state index contributed by atoms with van der Waals surface area (Å²) in [6.07, 6.45) is 2.88. The van der Waals surface area contributed by atoms with Gasteiger partial charge in [0.05, 0.1) is 11.4 Å². The molecule has 0 unspecified atom stereocenters.